The van der Waals surface area contributed by atoms with E-state index in [0.717, 1.165) is 11.4 Å². The van der Waals surface area contributed by atoms with E-state index in [9.17, 15) is 4.79 Å². The van der Waals surface area contributed by atoms with Crippen LogP contribution < -0.4 is 0 Å². The molecule has 0 radical (unpaired) electrons. The lowest BCUT2D eigenvalue weighted by molar-refractivity contribution is 0.112. The highest BCUT2D eigenvalue weighted by atomic mass is 32.1. The topological polar surface area (TPSA) is 29.3 Å². The lowest BCUT2D eigenvalue weighted by Gasteiger charge is -2.08. The van der Waals surface area contributed by atoms with Gasteiger partial charge < -0.3 is 4.74 Å². The molecule has 0 aliphatic carbocycles. The van der Waals surface area contributed by atoms with Crippen LogP contribution in [-0.2, 0) is 4.74 Å². The van der Waals surface area contributed by atoms with E-state index in [4.69, 9.17) is 17.0 Å². The number of amides is 1. The third kappa shape index (κ3) is 0.564. The first-order chi connectivity index (χ1) is 4.30. The van der Waals surface area contributed by atoms with Gasteiger partial charge in [0.05, 0.1) is 12.6 Å². The van der Waals surface area contributed by atoms with Crippen LogP contribution in [0.3, 0.4) is 0 Å². The highest BCUT2D eigenvalue weighted by Crippen LogP contribution is 2.29. The van der Waals surface area contributed by atoms with Crippen molar-refractivity contribution in [3.05, 3.63) is 0 Å². The van der Waals surface area contributed by atoms with Crippen molar-refractivity contribution < 1.29 is 9.53 Å². The monoisotopic (exact) mass is 143 g/mol. The summed E-state index contributed by atoms with van der Waals surface area (Å²) in [6.07, 6.45) is 0.612. The van der Waals surface area contributed by atoms with Gasteiger partial charge in [-0.2, -0.15) is 0 Å². The van der Waals surface area contributed by atoms with Crippen LogP contribution in [0.5, 0.6) is 0 Å². The van der Waals surface area contributed by atoms with Crippen molar-refractivity contribution in [1.29, 1.82) is 0 Å². The number of nitrogens with zero attached hydrogens (tertiary/aromatic N) is 1. The molecule has 2 rings (SSSR count). The zero-order valence-electron chi connectivity index (χ0n) is 4.66. The maximum absolute atomic E-state index is 10.7. The molecule has 3 nitrogen and oxygen atoms in total. The number of cyclic esters (lactones) is 1. The van der Waals surface area contributed by atoms with Gasteiger partial charge in [0.15, 0.2) is 0 Å². The maximum atomic E-state index is 10.7. The second-order valence-electron chi connectivity index (χ2n) is 2.13. The molecule has 9 heavy (non-hydrogen) atoms. The van der Waals surface area contributed by atoms with Gasteiger partial charge in [-0.1, -0.05) is 12.2 Å². The maximum Gasteiger partial charge on any atom is 0.415 e. The van der Waals surface area contributed by atoms with Crippen molar-refractivity contribution >= 4 is 23.3 Å². The Labute approximate surface area is 57.6 Å². The zero-order valence-corrected chi connectivity index (χ0v) is 5.48. The predicted molar refractivity (Wildman–Crippen MR) is 34.2 cm³/mol. The molecular weight excluding hydrogens is 138 g/mol. The van der Waals surface area contributed by atoms with Crippen molar-refractivity contribution in [2.45, 2.75) is 12.5 Å². The van der Waals surface area contributed by atoms with Gasteiger partial charge in [0.1, 0.15) is 4.99 Å². The molecule has 0 aromatic heterocycles. The fraction of sp³-hybridized carbons (Fsp3) is 0.600. The van der Waals surface area contributed by atoms with E-state index in [1.165, 1.54) is 4.90 Å². The molecule has 0 aromatic carbocycles. The third-order valence-corrected chi connectivity index (χ3v) is 2.05. The van der Waals surface area contributed by atoms with Gasteiger partial charge in [-0.3, -0.25) is 4.90 Å². The van der Waals surface area contributed by atoms with Crippen LogP contribution in [0.15, 0.2) is 0 Å². The fourth-order valence-corrected chi connectivity index (χ4v) is 1.39. The fourth-order valence-electron chi connectivity index (χ4n) is 1.01. The van der Waals surface area contributed by atoms with Crippen LogP contribution in [0.25, 0.3) is 0 Å². The molecule has 1 unspecified atom stereocenters. The summed E-state index contributed by atoms with van der Waals surface area (Å²) < 4.78 is 4.70. The van der Waals surface area contributed by atoms with Crippen LogP contribution in [0, 0.1) is 0 Å². The molecule has 2 aliphatic heterocycles. The van der Waals surface area contributed by atoms with Crippen molar-refractivity contribution in [1.82, 2.24) is 4.90 Å². The van der Waals surface area contributed by atoms with Gasteiger partial charge in [-0.05, 0) is 0 Å². The second kappa shape index (κ2) is 1.44. The summed E-state index contributed by atoms with van der Waals surface area (Å²) >= 11 is 4.83. The summed E-state index contributed by atoms with van der Waals surface area (Å²) in [5, 5.41) is 0. The number of rotatable bonds is 0. The number of hydrogen-bond acceptors (Lipinski definition) is 3. The standard InChI is InChI=1S/C5H5NO2S/c7-5-6-3(4(6)9)1-2-8-5/h3H,1-2H2. The molecule has 1 atom stereocenters. The Balaban J connectivity index is 2.19. The molecule has 48 valence electrons. The van der Waals surface area contributed by atoms with Crippen molar-refractivity contribution in [2.24, 2.45) is 0 Å². The molecule has 2 aliphatic rings. The number of carbonyl (C=O) groups excluding carboxylic acids is 1. The van der Waals surface area contributed by atoms with E-state index in [1.807, 2.05) is 0 Å². The van der Waals surface area contributed by atoms with E-state index < -0.39 is 0 Å². The largest absolute Gasteiger partial charge is 0.449 e. The van der Waals surface area contributed by atoms with Gasteiger partial charge in [-0.25, -0.2) is 4.79 Å². The number of carbonyl (C=O) groups is 1. The van der Waals surface area contributed by atoms with Crippen LogP contribution in [0.1, 0.15) is 6.42 Å². The molecular formula is C5H5NO2S. The Morgan fingerprint density at radius 2 is 2.56 bits per heavy atom. The van der Waals surface area contributed by atoms with Gasteiger partial charge >= 0.3 is 6.09 Å². The van der Waals surface area contributed by atoms with Crippen LogP contribution in [0.2, 0.25) is 0 Å². The van der Waals surface area contributed by atoms with E-state index >= 15 is 0 Å². The number of fused-ring (bicyclic) bond motifs is 1. The first-order valence-electron chi connectivity index (χ1n) is 2.80. The molecule has 1 amide bonds. The predicted octanol–water partition coefficient (Wildman–Crippen LogP) is 0.538. The third-order valence-electron chi connectivity index (χ3n) is 1.58. The Bertz CT molecular complexity index is 191. The zero-order chi connectivity index (χ0) is 6.43. The molecule has 0 bridgehead atoms. The lowest BCUT2D eigenvalue weighted by Crippen LogP contribution is -2.22. The summed E-state index contributed by atoms with van der Waals surface area (Å²) in [7, 11) is 0. The molecule has 2 saturated heterocycles. The Morgan fingerprint density at radius 3 is 3.11 bits per heavy atom. The van der Waals surface area contributed by atoms with Gasteiger partial charge in [0.2, 0.25) is 0 Å². The summed E-state index contributed by atoms with van der Waals surface area (Å²) in [6, 6.07) is 0.237. The average Bonchev–Trinajstić information content (AvgIpc) is 2.45. The second-order valence-corrected chi connectivity index (χ2v) is 2.55. The summed E-state index contributed by atoms with van der Waals surface area (Å²) in [4.78, 5) is 12.9. The SMILES string of the molecule is O=C1OCCC2C(=S)N12. The minimum atomic E-state index is -0.267. The normalized spacial score (nSPS) is 31.6. The quantitative estimate of drug-likeness (QED) is 0.366. The van der Waals surface area contributed by atoms with E-state index in [0.29, 0.717) is 6.61 Å². The Morgan fingerprint density at radius 1 is 1.78 bits per heavy atom. The molecule has 0 saturated carbocycles. The van der Waals surface area contributed by atoms with Crippen LogP contribution in [0.4, 0.5) is 4.79 Å². The first-order valence-corrected chi connectivity index (χ1v) is 3.21. The number of hydrogen-bond donors (Lipinski definition) is 0. The smallest absolute Gasteiger partial charge is 0.415 e. The molecule has 0 aromatic rings. The molecule has 0 N–H and O–H groups in total. The molecule has 2 fully saturated rings. The molecule has 4 heteroatoms. The minimum absolute atomic E-state index is 0.237. The van der Waals surface area contributed by atoms with Crippen molar-refractivity contribution in [3.8, 4) is 0 Å². The number of ether oxygens (including phenoxy) is 1. The Kier molecular flexibility index (Phi) is 0.829. The van der Waals surface area contributed by atoms with Gasteiger partial charge in [-0.15, -0.1) is 0 Å². The number of thiocarbonyl (C=S) groups is 1. The highest BCUT2D eigenvalue weighted by molar-refractivity contribution is 7.81. The first kappa shape index (κ1) is 5.17. The van der Waals surface area contributed by atoms with E-state index in [1.54, 1.807) is 0 Å². The minimum Gasteiger partial charge on any atom is -0.449 e. The van der Waals surface area contributed by atoms with E-state index in [2.05, 4.69) is 0 Å². The summed E-state index contributed by atoms with van der Waals surface area (Å²) in [6.45, 7) is 0.528. The molecule has 2 heterocycles. The van der Waals surface area contributed by atoms with Crippen molar-refractivity contribution in [2.75, 3.05) is 6.61 Å². The van der Waals surface area contributed by atoms with Crippen LogP contribution >= 0.6 is 12.2 Å². The summed E-state index contributed by atoms with van der Waals surface area (Å²) in [5.74, 6) is 0. The summed E-state index contributed by atoms with van der Waals surface area (Å²) in [5.41, 5.74) is 0. The van der Waals surface area contributed by atoms with E-state index in [-0.39, 0.29) is 12.1 Å². The van der Waals surface area contributed by atoms with Crippen LogP contribution in [-0.4, -0.2) is 28.6 Å². The van der Waals surface area contributed by atoms with Gasteiger partial charge in [0, 0.05) is 6.42 Å². The highest BCUT2D eigenvalue weighted by Gasteiger charge is 2.49. The average molecular weight is 143 g/mol. The molecule has 0 spiro atoms. The van der Waals surface area contributed by atoms with Crippen molar-refractivity contribution in [3.63, 3.8) is 0 Å². The Hall–Kier alpha value is -0.640. The van der Waals surface area contributed by atoms with Gasteiger partial charge in [0.25, 0.3) is 0 Å². The lowest BCUT2D eigenvalue weighted by atomic mass is 10.3.